The lowest BCUT2D eigenvalue weighted by Gasteiger charge is -2.27. The number of amides is 1. The Morgan fingerprint density at radius 2 is 2.16 bits per heavy atom. The number of carbonyl (C=O) groups is 1. The highest BCUT2D eigenvalue weighted by molar-refractivity contribution is 5.68. The second kappa shape index (κ2) is 7.76. The van der Waals surface area contributed by atoms with E-state index in [0.29, 0.717) is 13.1 Å². The maximum Gasteiger partial charge on any atom is 0.410 e. The van der Waals surface area contributed by atoms with Gasteiger partial charge in [0.25, 0.3) is 0 Å². The fraction of sp³-hybridized carbons (Fsp3) is 0.579. The molecule has 0 aromatic carbocycles. The summed E-state index contributed by atoms with van der Waals surface area (Å²) < 4.78 is 12.7. The minimum absolute atomic E-state index is 0.228. The Balaban J connectivity index is 1.98. The highest BCUT2D eigenvalue weighted by atomic mass is 16.6. The van der Waals surface area contributed by atoms with Gasteiger partial charge in [0.2, 0.25) is 0 Å². The molecule has 0 saturated heterocycles. The molecule has 1 unspecified atom stereocenters. The van der Waals surface area contributed by atoms with E-state index in [4.69, 9.17) is 9.15 Å². The van der Waals surface area contributed by atoms with Crippen LogP contribution < -0.4 is 0 Å². The van der Waals surface area contributed by atoms with E-state index in [1.165, 1.54) is 0 Å². The summed E-state index contributed by atoms with van der Waals surface area (Å²) in [6, 6.07) is 5.84. The van der Waals surface area contributed by atoms with Crippen LogP contribution in [0.25, 0.3) is 11.5 Å². The third-order valence-electron chi connectivity index (χ3n) is 4.04. The van der Waals surface area contributed by atoms with Gasteiger partial charge in [0.1, 0.15) is 11.3 Å². The molecule has 2 aromatic heterocycles. The largest absolute Gasteiger partial charge is 0.463 e. The second-order valence-corrected chi connectivity index (χ2v) is 7.31. The molecule has 25 heavy (non-hydrogen) atoms. The van der Waals surface area contributed by atoms with E-state index in [1.807, 2.05) is 57.6 Å². The predicted molar refractivity (Wildman–Crippen MR) is 97.4 cm³/mol. The molecule has 0 saturated carbocycles. The molecule has 0 bridgehead atoms. The number of ether oxygens (including phenoxy) is 1. The predicted octanol–water partition coefficient (Wildman–Crippen LogP) is 4.43. The molecule has 1 atom stereocenters. The minimum Gasteiger partial charge on any atom is -0.463 e. The normalized spacial score (nSPS) is 12.9. The van der Waals surface area contributed by atoms with Crippen LogP contribution in [0.3, 0.4) is 0 Å². The second-order valence-electron chi connectivity index (χ2n) is 7.31. The highest BCUT2D eigenvalue weighted by Gasteiger charge is 2.22. The first kappa shape index (κ1) is 19.1. The van der Waals surface area contributed by atoms with Gasteiger partial charge >= 0.3 is 6.09 Å². The van der Waals surface area contributed by atoms with Crippen molar-refractivity contribution < 1.29 is 13.9 Å². The summed E-state index contributed by atoms with van der Waals surface area (Å²) in [7, 11) is 1.91. The van der Waals surface area contributed by atoms with E-state index in [9.17, 15) is 4.79 Å². The fourth-order valence-corrected chi connectivity index (χ4v) is 2.59. The van der Waals surface area contributed by atoms with Gasteiger partial charge in [-0.1, -0.05) is 6.92 Å². The minimum atomic E-state index is -0.477. The Morgan fingerprint density at radius 1 is 1.44 bits per heavy atom. The molecule has 0 radical (unpaired) electrons. The van der Waals surface area contributed by atoms with Crippen molar-refractivity contribution in [3.63, 3.8) is 0 Å². The van der Waals surface area contributed by atoms with Crippen molar-refractivity contribution in [2.24, 2.45) is 7.05 Å². The number of nitrogens with zero attached hydrogens (tertiary/aromatic N) is 3. The summed E-state index contributed by atoms with van der Waals surface area (Å²) in [5.74, 6) is 1.03. The molecule has 6 nitrogen and oxygen atoms in total. The SMILES string of the molecule is CCN(CCC(C)c1cc(-c2ccco2)n(C)n1)C(=O)OC(C)(C)C. The van der Waals surface area contributed by atoms with Crippen LogP contribution in [0.4, 0.5) is 4.79 Å². The first-order valence-corrected chi connectivity index (χ1v) is 8.77. The lowest BCUT2D eigenvalue weighted by Crippen LogP contribution is -2.37. The van der Waals surface area contributed by atoms with Crippen LogP contribution in [-0.2, 0) is 11.8 Å². The van der Waals surface area contributed by atoms with Gasteiger partial charge in [-0.15, -0.1) is 0 Å². The van der Waals surface area contributed by atoms with Crippen LogP contribution in [0.5, 0.6) is 0 Å². The quantitative estimate of drug-likeness (QED) is 0.775. The Labute approximate surface area is 149 Å². The van der Waals surface area contributed by atoms with E-state index in [0.717, 1.165) is 23.6 Å². The van der Waals surface area contributed by atoms with Crippen molar-refractivity contribution in [1.82, 2.24) is 14.7 Å². The maximum atomic E-state index is 12.2. The standard InChI is InChI=1S/C19H29N3O3/c1-7-22(18(23)25-19(3,4)5)11-10-14(2)15-13-16(21(6)20-15)17-9-8-12-24-17/h8-9,12-14H,7,10-11H2,1-6H3. The number of carbonyl (C=O) groups excluding carboxylic acids is 1. The Hall–Kier alpha value is -2.24. The van der Waals surface area contributed by atoms with E-state index >= 15 is 0 Å². The zero-order chi connectivity index (χ0) is 18.6. The molecule has 138 valence electrons. The zero-order valence-electron chi connectivity index (χ0n) is 16.1. The molecule has 0 spiro atoms. The molecular weight excluding hydrogens is 318 g/mol. The molecule has 0 aliphatic rings. The summed E-state index contributed by atoms with van der Waals surface area (Å²) in [5.41, 5.74) is 1.47. The van der Waals surface area contributed by atoms with Crippen LogP contribution in [-0.4, -0.2) is 39.5 Å². The summed E-state index contributed by atoms with van der Waals surface area (Å²) in [6.07, 6.45) is 2.21. The Morgan fingerprint density at radius 3 is 2.72 bits per heavy atom. The van der Waals surface area contributed by atoms with Gasteiger partial charge in [-0.05, 0) is 52.3 Å². The van der Waals surface area contributed by atoms with Crippen LogP contribution in [0, 0.1) is 0 Å². The van der Waals surface area contributed by atoms with Gasteiger partial charge in [-0.2, -0.15) is 5.10 Å². The number of hydrogen-bond acceptors (Lipinski definition) is 4. The fourth-order valence-electron chi connectivity index (χ4n) is 2.59. The Bertz CT molecular complexity index is 683. The molecule has 6 heteroatoms. The van der Waals surface area contributed by atoms with Crippen LogP contribution in [0.2, 0.25) is 0 Å². The molecular formula is C19H29N3O3. The van der Waals surface area contributed by atoms with Gasteiger partial charge in [0.05, 0.1) is 12.0 Å². The van der Waals surface area contributed by atoms with Crippen molar-refractivity contribution in [1.29, 1.82) is 0 Å². The third kappa shape index (κ3) is 5.11. The summed E-state index contributed by atoms with van der Waals surface area (Å²) in [6.45, 7) is 11.0. The van der Waals surface area contributed by atoms with Crippen molar-refractivity contribution in [2.75, 3.05) is 13.1 Å². The van der Waals surface area contributed by atoms with Crippen LogP contribution in [0.15, 0.2) is 28.9 Å². The van der Waals surface area contributed by atoms with E-state index in [1.54, 1.807) is 11.2 Å². The lowest BCUT2D eigenvalue weighted by atomic mass is 10.0. The first-order valence-electron chi connectivity index (χ1n) is 8.77. The Kier molecular flexibility index (Phi) is 5.93. The molecule has 0 N–H and O–H groups in total. The van der Waals surface area contributed by atoms with Gasteiger partial charge in [0, 0.05) is 26.1 Å². The van der Waals surface area contributed by atoms with Crippen LogP contribution >= 0.6 is 0 Å². The molecule has 0 fully saturated rings. The zero-order valence-corrected chi connectivity index (χ0v) is 16.1. The van der Waals surface area contributed by atoms with E-state index in [2.05, 4.69) is 12.0 Å². The molecule has 2 rings (SSSR count). The molecule has 1 amide bonds. The van der Waals surface area contributed by atoms with E-state index < -0.39 is 5.60 Å². The van der Waals surface area contributed by atoms with Crippen molar-refractivity contribution in [2.45, 2.75) is 52.6 Å². The van der Waals surface area contributed by atoms with Gasteiger partial charge in [-0.3, -0.25) is 4.68 Å². The average molecular weight is 347 g/mol. The number of aryl methyl sites for hydroxylation is 1. The van der Waals surface area contributed by atoms with Crippen molar-refractivity contribution >= 4 is 6.09 Å². The van der Waals surface area contributed by atoms with E-state index in [-0.39, 0.29) is 12.0 Å². The van der Waals surface area contributed by atoms with Gasteiger partial charge in [-0.25, -0.2) is 4.79 Å². The highest BCUT2D eigenvalue weighted by Crippen LogP contribution is 2.25. The van der Waals surface area contributed by atoms with Gasteiger partial charge in [0.15, 0.2) is 5.76 Å². The molecule has 2 heterocycles. The molecule has 0 aliphatic carbocycles. The van der Waals surface area contributed by atoms with Crippen molar-refractivity contribution in [3.05, 3.63) is 30.2 Å². The third-order valence-corrected chi connectivity index (χ3v) is 4.04. The average Bonchev–Trinajstić information content (AvgIpc) is 3.14. The summed E-state index contributed by atoms with van der Waals surface area (Å²) in [4.78, 5) is 14.0. The first-order chi connectivity index (χ1) is 11.7. The summed E-state index contributed by atoms with van der Waals surface area (Å²) in [5, 5.41) is 4.60. The smallest absolute Gasteiger partial charge is 0.410 e. The van der Waals surface area contributed by atoms with Crippen LogP contribution in [0.1, 0.15) is 52.7 Å². The number of rotatable bonds is 6. The summed E-state index contributed by atoms with van der Waals surface area (Å²) >= 11 is 0. The monoisotopic (exact) mass is 347 g/mol. The number of hydrogen-bond donors (Lipinski definition) is 0. The maximum absolute atomic E-state index is 12.2. The van der Waals surface area contributed by atoms with Gasteiger partial charge < -0.3 is 14.1 Å². The number of furan rings is 1. The molecule has 0 aliphatic heterocycles. The molecule has 2 aromatic rings. The topological polar surface area (TPSA) is 60.5 Å². The number of aromatic nitrogens is 2. The van der Waals surface area contributed by atoms with Crippen molar-refractivity contribution in [3.8, 4) is 11.5 Å². The lowest BCUT2D eigenvalue weighted by molar-refractivity contribution is 0.0255.